The lowest BCUT2D eigenvalue weighted by Gasteiger charge is -2.38. The van der Waals surface area contributed by atoms with E-state index in [1.807, 2.05) is 13.8 Å². The summed E-state index contributed by atoms with van der Waals surface area (Å²) in [7, 11) is 5.37. The molecule has 12 heteroatoms. The smallest absolute Gasteiger partial charge is 0.418 e. The maximum absolute atomic E-state index is 13.8. The Morgan fingerprint density at radius 1 is 0.980 bits per heavy atom. The van der Waals surface area contributed by atoms with Crippen LogP contribution in [0.4, 0.5) is 24.7 Å². The number of likely N-dealkylation sites (tertiary alicyclic amines) is 1. The lowest BCUT2D eigenvalue weighted by Crippen LogP contribution is -2.49. The van der Waals surface area contributed by atoms with E-state index in [-0.39, 0.29) is 29.7 Å². The van der Waals surface area contributed by atoms with Crippen LogP contribution in [0.1, 0.15) is 96.0 Å². The van der Waals surface area contributed by atoms with Crippen molar-refractivity contribution in [2.24, 2.45) is 0 Å². The molecule has 1 aromatic carbocycles. The molecule has 0 aliphatic carbocycles. The highest BCUT2D eigenvalue weighted by Gasteiger charge is 2.38. The minimum Gasteiger partial charge on any atom is -0.467 e. The normalized spacial score (nSPS) is 16.9. The van der Waals surface area contributed by atoms with Crippen molar-refractivity contribution in [2.45, 2.75) is 106 Å². The monoisotopic (exact) mass is 723 g/mol. The Kier molecular flexibility index (Phi) is 21.5. The minimum atomic E-state index is -4.45. The number of aromatic nitrogens is 2. The van der Waals surface area contributed by atoms with Gasteiger partial charge in [-0.05, 0) is 44.5 Å². The van der Waals surface area contributed by atoms with E-state index >= 15 is 0 Å². The molecule has 0 bridgehead atoms. The lowest BCUT2D eigenvalue weighted by atomic mass is 10.0. The molecule has 2 aromatic rings. The maximum atomic E-state index is 13.8. The van der Waals surface area contributed by atoms with E-state index in [9.17, 15) is 18.0 Å². The van der Waals surface area contributed by atoms with Crippen LogP contribution in [0.5, 0.6) is 6.01 Å². The fraction of sp³-hybridized carbons (Fsp3) is 0.667. The number of benzene rings is 1. The van der Waals surface area contributed by atoms with Crippen molar-refractivity contribution in [3.63, 3.8) is 0 Å². The molecule has 1 unspecified atom stereocenters. The summed E-state index contributed by atoms with van der Waals surface area (Å²) < 4.78 is 51.8. The number of anilines is 2. The lowest BCUT2D eigenvalue weighted by molar-refractivity contribution is -0.137. The molecule has 1 aromatic heterocycles. The molecule has 0 radical (unpaired) electrons. The van der Waals surface area contributed by atoms with Gasteiger partial charge in [0.15, 0.2) is 0 Å². The van der Waals surface area contributed by atoms with Crippen LogP contribution in [0.2, 0.25) is 0 Å². The zero-order valence-electron chi connectivity index (χ0n) is 33.0. The Morgan fingerprint density at radius 2 is 1.61 bits per heavy atom. The van der Waals surface area contributed by atoms with Gasteiger partial charge in [0.25, 0.3) is 0 Å². The number of piperazine rings is 1. The molecule has 5 rings (SSSR count). The van der Waals surface area contributed by atoms with E-state index in [1.54, 1.807) is 23.0 Å². The first kappa shape index (κ1) is 45.6. The summed E-state index contributed by atoms with van der Waals surface area (Å²) in [6, 6.07) is 4.81. The highest BCUT2D eigenvalue weighted by atomic mass is 19.4. The number of fused-ring (bicyclic) bond motifs is 1. The van der Waals surface area contributed by atoms with Crippen molar-refractivity contribution < 1.29 is 27.4 Å². The number of methoxy groups -OCH3 is 2. The zero-order valence-corrected chi connectivity index (χ0v) is 33.0. The Balaban J connectivity index is 0.000000595. The Labute approximate surface area is 306 Å². The van der Waals surface area contributed by atoms with Crippen molar-refractivity contribution in [2.75, 3.05) is 76.9 Å². The molecule has 1 atom stereocenters. The van der Waals surface area contributed by atoms with Gasteiger partial charge in [-0.2, -0.15) is 23.1 Å². The van der Waals surface area contributed by atoms with Gasteiger partial charge in [-0.15, -0.1) is 0 Å². The molecule has 1 amide bonds. The van der Waals surface area contributed by atoms with Crippen LogP contribution >= 0.6 is 0 Å². The zero-order chi connectivity index (χ0) is 38.6. The summed E-state index contributed by atoms with van der Waals surface area (Å²) in [6.45, 7) is 22.9. The number of carbonyl (C=O) groups excluding carboxylic acids is 1. The number of unbranched alkanes of at least 4 members (excludes halogenated alkanes) is 2. The van der Waals surface area contributed by atoms with E-state index in [0.717, 1.165) is 17.9 Å². The summed E-state index contributed by atoms with van der Waals surface area (Å²) in [6.07, 6.45) is 4.39. The molecule has 0 saturated carbocycles. The van der Waals surface area contributed by atoms with Gasteiger partial charge in [-0.25, -0.2) is 0 Å². The highest BCUT2D eigenvalue weighted by Crippen LogP contribution is 2.41. The van der Waals surface area contributed by atoms with E-state index in [2.05, 4.69) is 61.1 Å². The third kappa shape index (κ3) is 14.3. The van der Waals surface area contributed by atoms with Gasteiger partial charge in [-0.1, -0.05) is 85.9 Å². The third-order valence-electron chi connectivity index (χ3n) is 8.53. The number of likely N-dealkylation sites (N-methyl/N-ethyl adjacent to an activating group) is 1. The highest BCUT2D eigenvalue weighted by molar-refractivity contribution is 5.87. The van der Waals surface area contributed by atoms with Crippen LogP contribution in [0.3, 0.4) is 0 Å². The van der Waals surface area contributed by atoms with Crippen LogP contribution in [0, 0.1) is 6.92 Å². The number of halogens is 3. The number of ether oxygens (including phenoxy) is 2. The summed E-state index contributed by atoms with van der Waals surface area (Å²) in [5.41, 5.74) is 1.30. The van der Waals surface area contributed by atoms with Crippen molar-refractivity contribution in [3.05, 3.63) is 53.2 Å². The fourth-order valence-corrected chi connectivity index (χ4v) is 5.94. The van der Waals surface area contributed by atoms with Gasteiger partial charge < -0.3 is 29.1 Å². The van der Waals surface area contributed by atoms with Crippen LogP contribution < -0.4 is 14.5 Å². The molecule has 0 spiro atoms. The summed E-state index contributed by atoms with van der Waals surface area (Å²) >= 11 is 0. The minimum absolute atomic E-state index is 0.105. The second-order valence-electron chi connectivity index (χ2n) is 12.6. The molecule has 3 aliphatic rings. The standard InChI is InChI=1S/C23H26F3N5O2.C6H13NO.C5H12.C3H8.C2H6/c1-4-19(32)29-10-12-30(13-11-29)21-16-8-9-31(14-17(16)27-22(28-21)33-3)18-7-5-6-15(2)20(18)23(24,25)26;1-7-4-3-6(5-7)8-2;1-3-5-4-2;1-3-2;1-2/h4-7H,1,8-14H2,2-3H3;6H,3-5H2,1-2H3;3-5H2,1-2H3;3H2,1-2H3;1-2H3. The van der Waals surface area contributed by atoms with Crippen molar-refractivity contribution in [1.82, 2.24) is 19.8 Å². The molecular formula is C39H65F3N6O3. The first-order chi connectivity index (χ1) is 24.4. The average Bonchev–Trinajstić information content (AvgIpc) is 3.57. The van der Waals surface area contributed by atoms with Crippen molar-refractivity contribution in [1.29, 1.82) is 0 Å². The number of aryl methyl sites for hydroxylation is 1. The van der Waals surface area contributed by atoms with Gasteiger partial charge >= 0.3 is 12.2 Å². The Morgan fingerprint density at radius 3 is 2.06 bits per heavy atom. The Hall–Kier alpha value is -3.38. The molecule has 0 N–H and O–H groups in total. The van der Waals surface area contributed by atoms with Crippen LogP contribution in [0.15, 0.2) is 30.9 Å². The van der Waals surface area contributed by atoms with Crippen LogP contribution in [-0.4, -0.2) is 98.9 Å². The SMILES string of the molecule is C=CC(=O)N1CCN(c2nc(OC)nc3c2CCN(c2cccc(C)c2C(F)(F)F)C3)CC1.CC.CCC.CCCCC.COC1CCN(C)C1. The average molecular weight is 723 g/mol. The second-order valence-corrected chi connectivity index (χ2v) is 12.6. The number of amides is 1. The van der Waals surface area contributed by atoms with Crippen LogP contribution in [-0.2, 0) is 28.7 Å². The summed E-state index contributed by atoms with van der Waals surface area (Å²) in [5.74, 6) is 0.619. The van der Waals surface area contributed by atoms with E-state index in [4.69, 9.17) is 9.47 Å². The molecular weight excluding hydrogens is 657 g/mol. The molecule has 9 nitrogen and oxygen atoms in total. The number of nitrogens with zero attached hydrogens (tertiary/aromatic N) is 6. The quantitative estimate of drug-likeness (QED) is 0.265. The molecule has 290 valence electrons. The number of rotatable bonds is 7. The molecule has 2 fully saturated rings. The molecule has 2 saturated heterocycles. The Bertz CT molecular complexity index is 1300. The molecule has 51 heavy (non-hydrogen) atoms. The largest absolute Gasteiger partial charge is 0.467 e. The van der Waals surface area contributed by atoms with Gasteiger partial charge in [-0.3, -0.25) is 4.79 Å². The third-order valence-corrected chi connectivity index (χ3v) is 8.53. The number of alkyl halides is 3. The second kappa shape index (κ2) is 24.0. The molecule has 4 heterocycles. The number of hydrogen-bond donors (Lipinski definition) is 0. The van der Waals surface area contributed by atoms with E-state index < -0.39 is 11.7 Å². The first-order valence-electron chi connectivity index (χ1n) is 18.6. The van der Waals surface area contributed by atoms with Crippen molar-refractivity contribution >= 4 is 17.4 Å². The summed E-state index contributed by atoms with van der Waals surface area (Å²) in [5, 5.41) is 0. The predicted octanol–water partition coefficient (Wildman–Crippen LogP) is 8.19. The van der Waals surface area contributed by atoms with Gasteiger partial charge in [0, 0.05) is 64.2 Å². The maximum Gasteiger partial charge on any atom is 0.418 e. The van der Waals surface area contributed by atoms with Gasteiger partial charge in [0.1, 0.15) is 5.82 Å². The van der Waals surface area contributed by atoms with E-state index in [0.29, 0.717) is 50.9 Å². The van der Waals surface area contributed by atoms with Gasteiger partial charge in [0.2, 0.25) is 5.91 Å². The fourth-order valence-electron chi connectivity index (χ4n) is 5.94. The van der Waals surface area contributed by atoms with E-state index in [1.165, 1.54) is 70.9 Å². The van der Waals surface area contributed by atoms with Gasteiger partial charge in [0.05, 0.1) is 31.0 Å². The number of carbonyl (C=O) groups is 1. The molecule has 3 aliphatic heterocycles. The van der Waals surface area contributed by atoms with Crippen molar-refractivity contribution in [3.8, 4) is 6.01 Å². The summed E-state index contributed by atoms with van der Waals surface area (Å²) in [4.78, 5) is 28.7. The first-order valence-corrected chi connectivity index (χ1v) is 18.6. The van der Waals surface area contributed by atoms with Crippen LogP contribution in [0.25, 0.3) is 0 Å². The topological polar surface area (TPSA) is 74.3 Å². The predicted molar refractivity (Wildman–Crippen MR) is 204 cm³/mol. The number of hydrogen-bond acceptors (Lipinski definition) is 8.